The smallest absolute Gasteiger partial charge is 0.296 e. The highest BCUT2D eigenvalue weighted by Crippen LogP contribution is 2.44. The van der Waals surface area contributed by atoms with Crippen LogP contribution in [0.1, 0.15) is 31.8 Å². The third kappa shape index (κ3) is 7.26. The quantitative estimate of drug-likeness (QED) is 0.0962. The molecule has 0 radical (unpaired) electrons. The molecule has 0 saturated carbocycles. The van der Waals surface area contributed by atoms with E-state index in [2.05, 4.69) is 10.6 Å². The standard InChI is InChI=1S/C38H24Cl2N2O10S2/c39-21-11-15-23(16-12-21)51-29-7-3-9-31(53(45,46)47)35(29)41-27-19-20-28(34-33(27)37(43)25-5-1-2-6-26(25)38(34)44)42-36-30(8-4-10-32(36)54(48,49)50)52-24-17-13-22(40)14-18-24/h1-20,41-42H,(H,45,46,47)(H,48,49,50). The number of carbonyl (C=O) groups excluding carboxylic acids is 2. The number of benzene rings is 6. The van der Waals surface area contributed by atoms with Gasteiger partial charge in [-0.25, -0.2) is 0 Å². The molecule has 4 N–H and O–H groups in total. The number of carbonyl (C=O) groups is 2. The largest absolute Gasteiger partial charge is 0.455 e. The first-order chi connectivity index (χ1) is 25.7. The molecule has 0 atom stereocenters. The van der Waals surface area contributed by atoms with Crippen LogP contribution in [0, 0.1) is 0 Å². The van der Waals surface area contributed by atoms with Gasteiger partial charge in [0.05, 0.1) is 22.5 Å². The van der Waals surface area contributed by atoms with Gasteiger partial charge >= 0.3 is 0 Å². The van der Waals surface area contributed by atoms with Crippen molar-refractivity contribution in [3.8, 4) is 23.0 Å². The zero-order valence-corrected chi connectivity index (χ0v) is 30.4. The number of halogens is 2. The fourth-order valence-corrected chi connectivity index (χ4v) is 7.40. The Labute approximate surface area is 318 Å². The van der Waals surface area contributed by atoms with E-state index in [9.17, 15) is 35.5 Å². The number of hydrogen-bond donors (Lipinski definition) is 4. The Morgan fingerprint density at radius 3 is 1.20 bits per heavy atom. The number of ether oxygens (including phenoxy) is 2. The second kappa shape index (κ2) is 14.2. The van der Waals surface area contributed by atoms with Crippen LogP contribution in [0.15, 0.2) is 131 Å². The van der Waals surface area contributed by atoms with Gasteiger partial charge in [-0.2, -0.15) is 16.8 Å². The predicted molar refractivity (Wildman–Crippen MR) is 202 cm³/mol. The molecule has 0 aliphatic heterocycles. The van der Waals surface area contributed by atoms with Gasteiger partial charge in [0.2, 0.25) is 0 Å². The van der Waals surface area contributed by atoms with E-state index < -0.39 is 41.6 Å². The summed E-state index contributed by atoms with van der Waals surface area (Å²) >= 11 is 12.0. The molecule has 54 heavy (non-hydrogen) atoms. The van der Waals surface area contributed by atoms with Crippen molar-refractivity contribution in [2.24, 2.45) is 0 Å². The molecule has 0 spiro atoms. The van der Waals surface area contributed by atoms with Gasteiger partial charge < -0.3 is 20.1 Å². The fourth-order valence-electron chi connectivity index (χ4n) is 5.83. The number of fused-ring (bicyclic) bond motifs is 2. The molecule has 7 rings (SSSR count). The summed E-state index contributed by atoms with van der Waals surface area (Å²) in [4.78, 5) is 27.4. The molecule has 0 bridgehead atoms. The summed E-state index contributed by atoms with van der Waals surface area (Å²) in [6, 6.07) is 28.8. The van der Waals surface area contributed by atoms with Crippen molar-refractivity contribution in [3.05, 3.63) is 154 Å². The molecule has 0 aromatic heterocycles. The molecule has 12 nitrogen and oxygen atoms in total. The monoisotopic (exact) mass is 802 g/mol. The number of para-hydroxylation sites is 2. The lowest BCUT2D eigenvalue weighted by Gasteiger charge is -2.25. The van der Waals surface area contributed by atoms with Crippen LogP contribution in [0.4, 0.5) is 22.7 Å². The molecular weight excluding hydrogens is 779 g/mol. The van der Waals surface area contributed by atoms with E-state index >= 15 is 0 Å². The highest BCUT2D eigenvalue weighted by atomic mass is 35.5. The molecule has 0 amide bonds. The van der Waals surface area contributed by atoms with Gasteiger partial charge in [0.1, 0.15) is 32.7 Å². The topological polar surface area (TPSA) is 185 Å². The number of rotatable bonds is 10. The van der Waals surface area contributed by atoms with Crippen LogP contribution >= 0.6 is 23.2 Å². The molecule has 0 fully saturated rings. The molecule has 6 aromatic carbocycles. The lowest BCUT2D eigenvalue weighted by Crippen LogP contribution is -2.24. The Kier molecular flexibility index (Phi) is 9.66. The minimum atomic E-state index is -4.90. The van der Waals surface area contributed by atoms with Gasteiger partial charge in [-0.3, -0.25) is 18.7 Å². The van der Waals surface area contributed by atoms with Crippen molar-refractivity contribution in [1.82, 2.24) is 0 Å². The van der Waals surface area contributed by atoms with Gasteiger partial charge in [0.25, 0.3) is 20.2 Å². The van der Waals surface area contributed by atoms with Crippen LogP contribution in [0.3, 0.4) is 0 Å². The third-order valence-electron chi connectivity index (χ3n) is 8.21. The Balaban J connectivity index is 1.41. The summed E-state index contributed by atoms with van der Waals surface area (Å²) in [7, 11) is -9.80. The van der Waals surface area contributed by atoms with Gasteiger partial charge in [0.15, 0.2) is 23.1 Å². The van der Waals surface area contributed by atoms with Gasteiger partial charge in [-0.15, -0.1) is 0 Å². The minimum Gasteiger partial charge on any atom is -0.455 e. The number of hydrogen-bond acceptors (Lipinski definition) is 10. The van der Waals surface area contributed by atoms with Crippen LogP contribution in [0.2, 0.25) is 10.0 Å². The molecule has 1 aliphatic carbocycles. The van der Waals surface area contributed by atoms with E-state index in [1.807, 2.05) is 0 Å². The summed E-state index contributed by atoms with van der Waals surface area (Å²) in [5, 5.41) is 6.64. The summed E-state index contributed by atoms with van der Waals surface area (Å²) in [6.07, 6.45) is 0. The maximum atomic E-state index is 14.3. The zero-order valence-electron chi connectivity index (χ0n) is 27.3. The van der Waals surface area contributed by atoms with Crippen molar-refractivity contribution in [3.63, 3.8) is 0 Å². The first-order valence-corrected chi connectivity index (χ1v) is 19.3. The van der Waals surface area contributed by atoms with Crippen LogP contribution < -0.4 is 20.1 Å². The second-order valence-electron chi connectivity index (χ2n) is 11.7. The molecule has 6 aromatic rings. The van der Waals surface area contributed by atoms with E-state index in [0.29, 0.717) is 10.0 Å². The Bertz CT molecular complexity index is 2540. The van der Waals surface area contributed by atoms with Crippen molar-refractivity contribution in [1.29, 1.82) is 0 Å². The van der Waals surface area contributed by atoms with Gasteiger partial charge in [-0.1, -0.05) is 59.6 Å². The van der Waals surface area contributed by atoms with Crippen LogP contribution in [0.25, 0.3) is 0 Å². The lowest BCUT2D eigenvalue weighted by atomic mass is 9.82. The number of nitrogens with one attached hydrogen (secondary N) is 2. The lowest BCUT2D eigenvalue weighted by molar-refractivity contribution is 0.0980. The van der Waals surface area contributed by atoms with E-state index in [4.69, 9.17) is 32.7 Å². The van der Waals surface area contributed by atoms with Crippen molar-refractivity contribution in [2.45, 2.75) is 9.79 Å². The molecular formula is C38H24Cl2N2O10S2. The molecule has 0 heterocycles. The highest BCUT2D eigenvalue weighted by molar-refractivity contribution is 7.86. The van der Waals surface area contributed by atoms with E-state index in [1.165, 1.54) is 72.8 Å². The highest BCUT2D eigenvalue weighted by Gasteiger charge is 2.35. The van der Waals surface area contributed by atoms with Crippen molar-refractivity contribution < 1.29 is 45.0 Å². The predicted octanol–water partition coefficient (Wildman–Crippen LogP) is 9.33. The first kappa shape index (κ1) is 36.6. The SMILES string of the molecule is O=C1c2ccccc2C(=O)c2c(Nc3c(Oc4ccc(Cl)cc4)cccc3S(=O)(=O)O)ccc(Nc3c(Oc4ccc(Cl)cc4)cccc3S(=O)(=O)O)c21. The van der Waals surface area contributed by atoms with Gasteiger partial charge in [-0.05, 0) is 84.9 Å². The molecule has 0 unspecified atom stereocenters. The van der Waals surface area contributed by atoms with Crippen LogP contribution in [0.5, 0.6) is 23.0 Å². The molecule has 0 saturated heterocycles. The van der Waals surface area contributed by atoms with Crippen molar-refractivity contribution >= 4 is 77.8 Å². The summed E-state index contributed by atoms with van der Waals surface area (Å²) < 4.78 is 82.9. The number of ketones is 2. The average Bonchev–Trinajstić information content (AvgIpc) is 3.13. The first-order valence-electron chi connectivity index (χ1n) is 15.7. The van der Waals surface area contributed by atoms with E-state index in [1.54, 1.807) is 36.4 Å². The fraction of sp³-hybridized carbons (Fsp3) is 0. The summed E-state index contributed by atoms with van der Waals surface area (Å²) in [6.45, 7) is 0. The normalized spacial score (nSPS) is 12.4. The maximum Gasteiger partial charge on any atom is 0.296 e. The average molecular weight is 804 g/mol. The Morgan fingerprint density at radius 1 is 0.481 bits per heavy atom. The minimum absolute atomic E-state index is 0.0426. The van der Waals surface area contributed by atoms with E-state index in [-0.39, 0.29) is 68.0 Å². The molecule has 16 heteroatoms. The molecule has 272 valence electrons. The molecule has 1 aliphatic rings. The Morgan fingerprint density at radius 2 is 0.852 bits per heavy atom. The summed E-state index contributed by atoms with van der Waals surface area (Å²) in [5.74, 6) is -0.932. The summed E-state index contributed by atoms with van der Waals surface area (Å²) in [5.41, 5.74) is -1.05. The third-order valence-corrected chi connectivity index (χ3v) is 10.5. The van der Waals surface area contributed by atoms with Crippen LogP contribution in [-0.2, 0) is 20.2 Å². The van der Waals surface area contributed by atoms with Gasteiger partial charge in [0, 0.05) is 21.2 Å². The maximum absolute atomic E-state index is 14.3. The van der Waals surface area contributed by atoms with Crippen molar-refractivity contribution in [2.75, 3.05) is 10.6 Å². The second-order valence-corrected chi connectivity index (χ2v) is 15.3. The zero-order chi connectivity index (χ0) is 38.4. The Hall–Kier alpha value is -5.74. The van der Waals surface area contributed by atoms with E-state index in [0.717, 1.165) is 12.1 Å². The van der Waals surface area contributed by atoms with Crippen LogP contribution in [-0.4, -0.2) is 37.5 Å². The number of anilines is 4.